The second-order valence-electron chi connectivity index (χ2n) is 9.72. The van der Waals surface area contributed by atoms with Crippen molar-refractivity contribution in [3.63, 3.8) is 0 Å². The van der Waals surface area contributed by atoms with Crippen LogP contribution in [0.1, 0.15) is 32.3 Å². The fourth-order valence-electron chi connectivity index (χ4n) is 5.49. The highest BCUT2D eigenvalue weighted by Crippen LogP contribution is 2.57. The molecule has 0 saturated carbocycles. The molecular formula is C26H23Br2N3O4. The minimum Gasteiger partial charge on any atom is -0.466 e. The summed E-state index contributed by atoms with van der Waals surface area (Å²) >= 11 is 6.93. The van der Waals surface area contributed by atoms with Gasteiger partial charge in [0.2, 0.25) is 5.91 Å². The molecule has 5 rings (SSSR count). The van der Waals surface area contributed by atoms with Crippen LogP contribution in [0.5, 0.6) is 0 Å². The average Bonchev–Trinajstić information content (AvgIpc) is 3.05. The van der Waals surface area contributed by atoms with E-state index in [0.717, 1.165) is 4.47 Å². The highest BCUT2D eigenvalue weighted by molar-refractivity contribution is 9.10. The first kappa shape index (κ1) is 23.8. The van der Waals surface area contributed by atoms with E-state index in [2.05, 4.69) is 37.2 Å². The molecule has 35 heavy (non-hydrogen) atoms. The molecule has 0 bridgehead atoms. The minimum atomic E-state index is -1.72. The molecule has 2 heterocycles. The van der Waals surface area contributed by atoms with Crippen LogP contribution in [0, 0.1) is 5.41 Å². The lowest BCUT2D eigenvalue weighted by Crippen LogP contribution is -2.54. The Hall–Kier alpha value is -2.91. The van der Waals surface area contributed by atoms with Gasteiger partial charge in [-0.25, -0.2) is 4.79 Å². The summed E-state index contributed by atoms with van der Waals surface area (Å²) in [7, 11) is 1.24. The number of methoxy groups -OCH3 is 1. The van der Waals surface area contributed by atoms with Crippen LogP contribution in [0.25, 0.3) is 0 Å². The van der Waals surface area contributed by atoms with E-state index in [-0.39, 0.29) is 34.6 Å². The van der Waals surface area contributed by atoms with E-state index in [9.17, 15) is 14.4 Å². The van der Waals surface area contributed by atoms with Crippen molar-refractivity contribution < 1.29 is 19.1 Å². The number of esters is 1. The lowest BCUT2D eigenvalue weighted by molar-refractivity contribution is -0.138. The topological polar surface area (TPSA) is 102 Å². The molecule has 2 aliphatic heterocycles. The Kier molecular flexibility index (Phi) is 5.49. The van der Waals surface area contributed by atoms with Crippen LogP contribution in [-0.2, 0) is 24.5 Å². The third-order valence-electron chi connectivity index (χ3n) is 6.82. The Morgan fingerprint density at radius 2 is 1.71 bits per heavy atom. The molecule has 0 saturated heterocycles. The fraction of sp³-hybridized carbons (Fsp3) is 0.269. The molecule has 1 atom stereocenters. The molecule has 1 unspecified atom stereocenters. The molecule has 0 radical (unpaired) electrons. The summed E-state index contributed by atoms with van der Waals surface area (Å²) in [6, 6.07) is 12.7. The number of Topliss-reactive ketones (excluding diaryl/α,β-unsaturated/α-hetero) is 1. The molecule has 2 aromatic carbocycles. The van der Waals surface area contributed by atoms with Gasteiger partial charge in [0.1, 0.15) is 16.8 Å². The molecule has 3 N–H and O–H groups in total. The number of benzene rings is 2. The molecule has 2 aromatic rings. The Bertz CT molecular complexity index is 1380. The number of carbonyl (C=O) groups excluding carboxylic acids is 3. The summed E-state index contributed by atoms with van der Waals surface area (Å²) in [6.45, 7) is 4.02. The summed E-state index contributed by atoms with van der Waals surface area (Å²) < 4.78 is 6.74. The van der Waals surface area contributed by atoms with Crippen molar-refractivity contribution in [2.45, 2.75) is 32.1 Å². The van der Waals surface area contributed by atoms with Crippen molar-refractivity contribution in [2.24, 2.45) is 11.1 Å². The normalized spacial score (nSPS) is 22.8. The van der Waals surface area contributed by atoms with Gasteiger partial charge in [-0.05, 0) is 54.3 Å². The van der Waals surface area contributed by atoms with E-state index in [1.807, 2.05) is 38.1 Å². The first-order valence-corrected chi connectivity index (χ1v) is 12.6. The molecule has 3 aliphatic rings. The van der Waals surface area contributed by atoms with Crippen LogP contribution in [0.4, 0.5) is 11.4 Å². The predicted molar refractivity (Wildman–Crippen MR) is 139 cm³/mol. The number of ether oxygens (including phenoxy) is 1. The second-order valence-corrected chi connectivity index (χ2v) is 11.6. The van der Waals surface area contributed by atoms with Gasteiger partial charge in [-0.2, -0.15) is 0 Å². The number of fused-ring (bicyclic) bond motifs is 3. The molecule has 7 nitrogen and oxygen atoms in total. The van der Waals surface area contributed by atoms with Crippen molar-refractivity contribution in [1.82, 2.24) is 0 Å². The zero-order valence-corrected chi connectivity index (χ0v) is 22.5. The average molecular weight is 601 g/mol. The van der Waals surface area contributed by atoms with E-state index in [4.69, 9.17) is 10.5 Å². The number of nitrogens with one attached hydrogen (secondary N) is 1. The van der Waals surface area contributed by atoms with Crippen LogP contribution < -0.4 is 16.0 Å². The van der Waals surface area contributed by atoms with Gasteiger partial charge in [0.25, 0.3) is 0 Å². The Morgan fingerprint density at radius 1 is 1.06 bits per heavy atom. The Balaban J connectivity index is 1.93. The number of anilines is 2. The van der Waals surface area contributed by atoms with Crippen LogP contribution in [0.2, 0.25) is 0 Å². The van der Waals surface area contributed by atoms with E-state index in [1.165, 1.54) is 7.11 Å². The summed E-state index contributed by atoms with van der Waals surface area (Å²) in [5.41, 5.74) is 7.20. The van der Waals surface area contributed by atoms with Crippen LogP contribution in [0.15, 0.2) is 74.1 Å². The van der Waals surface area contributed by atoms with E-state index in [0.29, 0.717) is 33.5 Å². The summed E-state index contributed by atoms with van der Waals surface area (Å²) in [6.07, 6.45) is 0.713. The number of rotatable bonds is 2. The molecular weight excluding hydrogens is 578 g/mol. The zero-order valence-electron chi connectivity index (χ0n) is 19.4. The van der Waals surface area contributed by atoms with Gasteiger partial charge in [-0.3, -0.25) is 14.5 Å². The SMILES string of the molecule is COC(=O)C1=C(N)N(c2ccc(Br)cc2)C2=C(C(=O)CC(C)(C)C2)C12C(=O)Nc1ccc(Br)cc12. The van der Waals surface area contributed by atoms with Gasteiger partial charge in [-0.15, -0.1) is 0 Å². The molecule has 9 heteroatoms. The highest BCUT2D eigenvalue weighted by atomic mass is 79.9. The maximum absolute atomic E-state index is 13.9. The van der Waals surface area contributed by atoms with Gasteiger partial charge in [0.15, 0.2) is 5.78 Å². The Labute approximate surface area is 219 Å². The largest absolute Gasteiger partial charge is 0.466 e. The number of nitrogens with zero attached hydrogens (tertiary/aromatic N) is 1. The van der Waals surface area contributed by atoms with Crippen LogP contribution in [0.3, 0.4) is 0 Å². The molecule has 0 aromatic heterocycles. The molecule has 1 amide bonds. The van der Waals surface area contributed by atoms with Crippen molar-refractivity contribution in [2.75, 3.05) is 17.3 Å². The van der Waals surface area contributed by atoms with E-state index in [1.54, 1.807) is 23.1 Å². The minimum absolute atomic E-state index is 0.0615. The number of nitrogens with two attached hydrogens (primary N) is 1. The standard InChI is InChI=1S/C26H23Br2N3O4/c1-25(2)11-18-20(19(32)12-25)26(16-10-14(28)6-9-17(16)30-24(26)34)21(23(33)35-3)22(29)31(18)15-7-4-13(27)5-8-15/h4-10H,11-12,29H2,1-3H3,(H,30,34). The van der Waals surface area contributed by atoms with Crippen molar-refractivity contribution >= 4 is 60.9 Å². The first-order chi connectivity index (χ1) is 16.5. The number of allylic oxidation sites excluding steroid dienone is 1. The van der Waals surface area contributed by atoms with Gasteiger partial charge < -0.3 is 15.8 Å². The quantitative estimate of drug-likeness (QED) is 0.475. The maximum Gasteiger partial charge on any atom is 0.339 e. The number of carbonyl (C=O) groups is 3. The van der Waals surface area contributed by atoms with Gasteiger partial charge in [0, 0.05) is 43.6 Å². The number of hydrogen-bond donors (Lipinski definition) is 2. The van der Waals surface area contributed by atoms with Crippen LogP contribution in [-0.4, -0.2) is 24.8 Å². The lowest BCUT2D eigenvalue weighted by atomic mass is 9.60. The van der Waals surface area contributed by atoms with Gasteiger partial charge in [0.05, 0.1) is 7.11 Å². The maximum atomic E-state index is 13.9. The van der Waals surface area contributed by atoms with E-state index >= 15 is 0 Å². The molecule has 1 spiro atoms. The monoisotopic (exact) mass is 599 g/mol. The zero-order chi connectivity index (χ0) is 25.3. The van der Waals surface area contributed by atoms with Crippen LogP contribution >= 0.6 is 31.9 Å². The predicted octanol–water partition coefficient (Wildman–Crippen LogP) is 4.91. The van der Waals surface area contributed by atoms with Crippen molar-refractivity contribution in [3.05, 3.63) is 79.6 Å². The molecule has 180 valence electrons. The summed E-state index contributed by atoms with van der Waals surface area (Å²) in [4.78, 5) is 43.0. The van der Waals surface area contributed by atoms with Crippen molar-refractivity contribution in [1.29, 1.82) is 0 Å². The number of ketones is 1. The number of halogens is 2. The second kappa shape index (κ2) is 8.06. The number of hydrogen-bond acceptors (Lipinski definition) is 6. The fourth-order valence-corrected chi connectivity index (χ4v) is 6.12. The third kappa shape index (κ3) is 3.39. The summed E-state index contributed by atoms with van der Waals surface area (Å²) in [5, 5.41) is 2.88. The first-order valence-electron chi connectivity index (χ1n) is 11.0. The highest BCUT2D eigenvalue weighted by Gasteiger charge is 2.63. The smallest absolute Gasteiger partial charge is 0.339 e. The third-order valence-corrected chi connectivity index (χ3v) is 7.84. The summed E-state index contributed by atoms with van der Waals surface area (Å²) in [5.74, 6) is -1.40. The Morgan fingerprint density at radius 3 is 2.37 bits per heavy atom. The van der Waals surface area contributed by atoms with Gasteiger partial charge >= 0.3 is 5.97 Å². The van der Waals surface area contributed by atoms with Gasteiger partial charge in [-0.1, -0.05) is 45.7 Å². The molecule has 0 fully saturated rings. The molecule has 1 aliphatic carbocycles. The van der Waals surface area contributed by atoms with E-state index < -0.39 is 17.3 Å². The lowest BCUT2D eigenvalue weighted by Gasteiger charge is -2.47. The van der Waals surface area contributed by atoms with Crippen molar-refractivity contribution in [3.8, 4) is 0 Å². The number of amides is 1.